The standard InChI is InChI=1S/C15H11N7O2S/c23-22(24)11-3-1-2-10(6-11)7-17-13-12-4-5-25-14(12)20-15(19-13)21-9-16-8-18-21/h1-6,8-9H,7H2,(H,17,19,20). The number of nitrogens with one attached hydrogen (secondary N) is 1. The van der Waals surface area contributed by atoms with Gasteiger partial charge in [-0.2, -0.15) is 19.7 Å². The third-order valence-corrected chi connectivity index (χ3v) is 4.32. The van der Waals surface area contributed by atoms with Crippen LogP contribution in [-0.4, -0.2) is 29.7 Å². The Labute approximate surface area is 145 Å². The minimum atomic E-state index is -0.409. The number of nitro benzene ring substituents is 1. The van der Waals surface area contributed by atoms with Crippen LogP contribution in [0, 0.1) is 10.1 Å². The van der Waals surface area contributed by atoms with E-state index in [1.807, 2.05) is 17.5 Å². The maximum atomic E-state index is 10.9. The molecule has 3 heterocycles. The Kier molecular flexibility index (Phi) is 3.78. The van der Waals surface area contributed by atoms with Crippen LogP contribution in [0.5, 0.6) is 0 Å². The van der Waals surface area contributed by atoms with Crippen LogP contribution in [0.4, 0.5) is 11.5 Å². The summed E-state index contributed by atoms with van der Waals surface area (Å²) in [5.41, 5.74) is 0.851. The molecule has 9 nitrogen and oxygen atoms in total. The number of anilines is 1. The Hall–Kier alpha value is -3.40. The molecule has 25 heavy (non-hydrogen) atoms. The minimum Gasteiger partial charge on any atom is -0.365 e. The van der Waals surface area contributed by atoms with Gasteiger partial charge >= 0.3 is 0 Å². The molecule has 0 amide bonds. The zero-order valence-corrected chi connectivity index (χ0v) is 13.6. The second-order valence-electron chi connectivity index (χ2n) is 5.13. The number of fused-ring (bicyclic) bond motifs is 1. The van der Waals surface area contributed by atoms with Gasteiger partial charge in [-0.1, -0.05) is 12.1 Å². The molecule has 1 N–H and O–H groups in total. The van der Waals surface area contributed by atoms with Crippen LogP contribution in [0.25, 0.3) is 16.2 Å². The quantitative estimate of drug-likeness (QED) is 0.434. The SMILES string of the molecule is O=[N+]([O-])c1cccc(CNc2nc(-n3cncn3)nc3sccc23)c1. The number of aromatic nitrogens is 5. The van der Waals surface area contributed by atoms with E-state index in [0.29, 0.717) is 18.3 Å². The number of non-ortho nitro benzene ring substituents is 1. The minimum absolute atomic E-state index is 0.0611. The number of nitro groups is 1. The Bertz CT molecular complexity index is 1050. The van der Waals surface area contributed by atoms with Crippen molar-refractivity contribution < 1.29 is 4.92 Å². The van der Waals surface area contributed by atoms with Crippen molar-refractivity contribution in [3.63, 3.8) is 0 Å². The monoisotopic (exact) mass is 353 g/mol. The van der Waals surface area contributed by atoms with E-state index >= 15 is 0 Å². The van der Waals surface area contributed by atoms with Gasteiger partial charge in [0.05, 0.1) is 10.3 Å². The molecule has 4 rings (SSSR count). The highest BCUT2D eigenvalue weighted by Crippen LogP contribution is 2.26. The molecule has 0 aliphatic rings. The topological polar surface area (TPSA) is 112 Å². The lowest BCUT2D eigenvalue weighted by Gasteiger charge is -2.08. The summed E-state index contributed by atoms with van der Waals surface area (Å²) in [7, 11) is 0. The van der Waals surface area contributed by atoms with Crippen LogP contribution >= 0.6 is 11.3 Å². The van der Waals surface area contributed by atoms with E-state index in [0.717, 1.165) is 15.8 Å². The lowest BCUT2D eigenvalue weighted by molar-refractivity contribution is -0.384. The van der Waals surface area contributed by atoms with E-state index in [1.54, 1.807) is 6.07 Å². The molecule has 0 bridgehead atoms. The van der Waals surface area contributed by atoms with E-state index in [-0.39, 0.29) is 5.69 Å². The molecule has 124 valence electrons. The zero-order chi connectivity index (χ0) is 17.2. The second kappa shape index (κ2) is 6.24. The average molecular weight is 353 g/mol. The molecular formula is C15H11N7O2S. The van der Waals surface area contributed by atoms with Crippen LogP contribution in [-0.2, 0) is 6.54 Å². The highest BCUT2D eigenvalue weighted by Gasteiger charge is 2.11. The van der Waals surface area contributed by atoms with Gasteiger partial charge in [-0.3, -0.25) is 10.1 Å². The summed E-state index contributed by atoms with van der Waals surface area (Å²) < 4.78 is 1.48. The van der Waals surface area contributed by atoms with Crippen molar-refractivity contribution in [1.29, 1.82) is 0 Å². The molecule has 10 heteroatoms. The van der Waals surface area contributed by atoms with Crippen LogP contribution in [0.15, 0.2) is 48.4 Å². The summed E-state index contributed by atoms with van der Waals surface area (Å²) in [5.74, 6) is 1.05. The normalized spacial score (nSPS) is 10.9. The molecule has 0 saturated carbocycles. The first-order valence-electron chi connectivity index (χ1n) is 7.28. The Morgan fingerprint density at radius 3 is 3.00 bits per heavy atom. The molecule has 0 aliphatic carbocycles. The summed E-state index contributed by atoms with van der Waals surface area (Å²) in [4.78, 5) is 24.2. The summed E-state index contributed by atoms with van der Waals surface area (Å²) >= 11 is 1.50. The summed E-state index contributed by atoms with van der Waals surface area (Å²) in [6.07, 6.45) is 2.94. The van der Waals surface area contributed by atoms with Gasteiger partial charge in [0.2, 0.25) is 0 Å². The van der Waals surface area contributed by atoms with Gasteiger partial charge in [-0.15, -0.1) is 11.3 Å². The van der Waals surface area contributed by atoms with Gasteiger partial charge in [0, 0.05) is 18.7 Å². The van der Waals surface area contributed by atoms with E-state index in [1.165, 1.54) is 40.8 Å². The molecule has 1 aromatic carbocycles. The molecule has 0 fully saturated rings. The van der Waals surface area contributed by atoms with Crippen molar-refractivity contribution >= 4 is 33.1 Å². The molecule has 0 unspecified atom stereocenters. The van der Waals surface area contributed by atoms with Gasteiger partial charge in [0.1, 0.15) is 23.3 Å². The molecule has 0 spiro atoms. The van der Waals surface area contributed by atoms with Gasteiger partial charge in [-0.05, 0) is 17.0 Å². The fourth-order valence-corrected chi connectivity index (χ4v) is 3.12. The predicted octanol–water partition coefficient (Wildman–Crippen LogP) is 2.79. The van der Waals surface area contributed by atoms with E-state index < -0.39 is 4.92 Å². The number of benzene rings is 1. The van der Waals surface area contributed by atoms with E-state index in [9.17, 15) is 10.1 Å². The third kappa shape index (κ3) is 3.02. The molecule has 0 radical (unpaired) electrons. The third-order valence-electron chi connectivity index (χ3n) is 3.52. The number of hydrogen-bond acceptors (Lipinski definition) is 8. The van der Waals surface area contributed by atoms with Gasteiger partial charge < -0.3 is 5.32 Å². The van der Waals surface area contributed by atoms with Gasteiger partial charge in [0.15, 0.2) is 0 Å². The van der Waals surface area contributed by atoms with Crippen molar-refractivity contribution in [1.82, 2.24) is 24.7 Å². The second-order valence-corrected chi connectivity index (χ2v) is 6.03. The number of hydrogen-bond donors (Lipinski definition) is 1. The van der Waals surface area contributed by atoms with Gasteiger partial charge in [0.25, 0.3) is 11.6 Å². The fourth-order valence-electron chi connectivity index (χ4n) is 2.36. The smallest absolute Gasteiger partial charge is 0.269 e. The largest absolute Gasteiger partial charge is 0.365 e. The van der Waals surface area contributed by atoms with Crippen LogP contribution in [0.2, 0.25) is 0 Å². The molecule has 0 aliphatic heterocycles. The first-order chi connectivity index (χ1) is 12.2. The van der Waals surface area contributed by atoms with Crippen LogP contribution < -0.4 is 5.32 Å². The van der Waals surface area contributed by atoms with Crippen molar-refractivity contribution in [2.75, 3.05) is 5.32 Å². The zero-order valence-electron chi connectivity index (χ0n) is 12.7. The van der Waals surface area contributed by atoms with Crippen molar-refractivity contribution in [3.05, 3.63) is 64.0 Å². The van der Waals surface area contributed by atoms with Crippen LogP contribution in [0.1, 0.15) is 5.56 Å². The van der Waals surface area contributed by atoms with E-state index in [4.69, 9.17) is 0 Å². The highest BCUT2D eigenvalue weighted by atomic mass is 32.1. The van der Waals surface area contributed by atoms with Gasteiger partial charge in [-0.25, -0.2) is 4.98 Å². The van der Waals surface area contributed by atoms with E-state index in [2.05, 4.69) is 25.4 Å². The van der Waals surface area contributed by atoms with Crippen molar-refractivity contribution in [2.24, 2.45) is 0 Å². The fraction of sp³-hybridized carbons (Fsp3) is 0.0667. The van der Waals surface area contributed by atoms with Crippen molar-refractivity contribution in [3.8, 4) is 5.95 Å². The van der Waals surface area contributed by atoms with Crippen LogP contribution in [0.3, 0.4) is 0 Å². The summed E-state index contributed by atoms with van der Waals surface area (Å²) in [5, 5.41) is 21.0. The number of thiophene rings is 1. The molecule has 4 aromatic rings. The maximum Gasteiger partial charge on any atom is 0.269 e. The Morgan fingerprint density at radius 1 is 1.28 bits per heavy atom. The Balaban J connectivity index is 1.66. The predicted molar refractivity (Wildman–Crippen MR) is 92.8 cm³/mol. The molecule has 0 saturated heterocycles. The molecule has 3 aromatic heterocycles. The Morgan fingerprint density at radius 2 is 2.20 bits per heavy atom. The first kappa shape index (κ1) is 15.1. The maximum absolute atomic E-state index is 10.9. The summed E-state index contributed by atoms with van der Waals surface area (Å²) in [6, 6.07) is 8.42. The molecule has 0 atom stereocenters. The lowest BCUT2D eigenvalue weighted by atomic mass is 10.2. The number of nitrogens with zero attached hydrogens (tertiary/aromatic N) is 6. The first-order valence-corrected chi connectivity index (χ1v) is 8.16. The average Bonchev–Trinajstić information content (AvgIpc) is 3.31. The summed E-state index contributed by atoms with van der Waals surface area (Å²) in [6.45, 7) is 0.403. The van der Waals surface area contributed by atoms with Crippen molar-refractivity contribution in [2.45, 2.75) is 6.54 Å². The number of rotatable bonds is 5. The highest BCUT2D eigenvalue weighted by molar-refractivity contribution is 7.16. The lowest BCUT2D eigenvalue weighted by Crippen LogP contribution is -2.07. The molecular weight excluding hydrogens is 342 g/mol.